The molecule has 5 rings (SSSR count). The van der Waals surface area contributed by atoms with Gasteiger partial charge in [0.15, 0.2) is 0 Å². The number of pyridine rings is 1. The Balaban J connectivity index is 1.54. The van der Waals surface area contributed by atoms with Crippen LogP contribution in [0.2, 0.25) is 0 Å². The second-order valence-electron chi connectivity index (χ2n) is 8.09. The van der Waals surface area contributed by atoms with Gasteiger partial charge < -0.3 is 4.90 Å². The largest absolute Gasteiger partial charge is 0.333 e. The van der Waals surface area contributed by atoms with Crippen molar-refractivity contribution in [2.75, 3.05) is 6.54 Å². The zero-order chi connectivity index (χ0) is 20.1. The molecule has 3 heterocycles. The van der Waals surface area contributed by atoms with E-state index in [1.807, 2.05) is 23.1 Å². The van der Waals surface area contributed by atoms with E-state index in [1.165, 1.54) is 5.56 Å². The van der Waals surface area contributed by atoms with Crippen molar-refractivity contribution in [1.82, 2.24) is 19.9 Å². The average Bonchev–Trinajstić information content (AvgIpc) is 3.30. The monoisotopic (exact) mass is 390 g/mol. The molecule has 148 valence electrons. The normalized spacial score (nSPS) is 23.5. The smallest absolute Gasteiger partial charge is 0.327 e. The molecule has 0 spiro atoms. The van der Waals surface area contributed by atoms with Crippen molar-refractivity contribution in [1.29, 1.82) is 0 Å². The van der Waals surface area contributed by atoms with E-state index in [0.29, 0.717) is 29.3 Å². The summed E-state index contributed by atoms with van der Waals surface area (Å²) in [6.07, 6.45) is 3.25. The number of aryl methyl sites for hydroxylation is 1. The van der Waals surface area contributed by atoms with Crippen LogP contribution in [0.25, 0.3) is 11.0 Å². The van der Waals surface area contributed by atoms with Crippen LogP contribution >= 0.6 is 0 Å². The molecule has 3 aromatic rings. The number of carbonyl (C=O) groups excluding carboxylic acids is 1. The third kappa shape index (κ3) is 2.88. The summed E-state index contributed by atoms with van der Waals surface area (Å²) in [6, 6.07) is 12.3. The quantitative estimate of drug-likeness (QED) is 0.701. The molecule has 1 aliphatic heterocycles. The number of rotatable bonds is 2. The van der Waals surface area contributed by atoms with Crippen molar-refractivity contribution in [3.63, 3.8) is 0 Å². The van der Waals surface area contributed by atoms with E-state index in [1.54, 1.807) is 13.0 Å². The summed E-state index contributed by atoms with van der Waals surface area (Å²) in [5, 5.41) is 0.309. The summed E-state index contributed by atoms with van der Waals surface area (Å²) >= 11 is 0. The van der Waals surface area contributed by atoms with Crippen LogP contribution in [-0.2, 0) is 0 Å². The van der Waals surface area contributed by atoms with Gasteiger partial charge in [-0.05, 0) is 42.9 Å². The van der Waals surface area contributed by atoms with Crippen LogP contribution in [0.15, 0.2) is 46.0 Å². The number of likely N-dealkylation sites (tertiary alicyclic amines) is 1. The molecular formula is C22H22N4O3. The van der Waals surface area contributed by atoms with Crippen molar-refractivity contribution in [2.24, 2.45) is 5.92 Å². The van der Waals surface area contributed by atoms with Crippen LogP contribution < -0.4 is 11.2 Å². The molecule has 3 atom stereocenters. The number of aromatic nitrogens is 3. The second-order valence-corrected chi connectivity index (χ2v) is 8.09. The van der Waals surface area contributed by atoms with Gasteiger partial charge in [0.1, 0.15) is 11.3 Å². The highest BCUT2D eigenvalue weighted by molar-refractivity contribution is 5.95. The number of H-pyrrole nitrogens is 2. The molecule has 0 radical (unpaired) electrons. The first-order chi connectivity index (χ1) is 14.0. The highest BCUT2D eigenvalue weighted by Gasteiger charge is 2.47. The third-order valence-electron chi connectivity index (χ3n) is 6.45. The number of amides is 1. The Morgan fingerprint density at radius 2 is 1.93 bits per heavy atom. The van der Waals surface area contributed by atoms with E-state index < -0.39 is 11.2 Å². The van der Waals surface area contributed by atoms with Gasteiger partial charge in [-0.3, -0.25) is 19.6 Å². The maximum absolute atomic E-state index is 13.4. The fraction of sp³-hybridized carbons (Fsp3) is 0.364. The van der Waals surface area contributed by atoms with E-state index >= 15 is 0 Å². The van der Waals surface area contributed by atoms with Crippen LogP contribution in [0.4, 0.5) is 0 Å². The Hall–Kier alpha value is -3.22. The van der Waals surface area contributed by atoms with Gasteiger partial charge in [0, 0.05) is 18.5 Å². The SMILES string of the molecule is Cc1cc(C(=O)N2CC(c3ccccc3)C3CCCC32)nc2[nH]c(=O)[nH]c(=O)c12. The van der Waals surface area contributed by atoms with Gasteiger partial charge >= 0.3 is 5.69 Å². The molecule has 1 amide bonds. The lowest BCUT2D eigenvalue weighted by atomic mass is 9.87. The van der Waals surface area contributed by atoms with Crippen molar-refractivity contribution in [3.8, 4) is 0 Å². The van der Waals surface area contributed by atoms with Crippen LogP contribution in [0.5, 0.6) is 0 Å². The number of benzene rings is 1. The minimum Gasteiger partial charge on any atom is -0.333 e. The first-order valence-corrected chi connectivity index (χ1v) is 10.0. The zero-order valence-corrected chi connectivity index (χ0v) is 16.1. The first-order valence-electron chi connectivity index (χ1n) is 10.0. The molecule has 2 N–H and O–H groups in total. The zero-order valence-electron chi connectivity index (χ0n) is 16.1. The van der Waals surface area contributed by atoms with Crippen molar-refractivity contribution < 1.29 is 4.79 Å². The van der Waals surface area contributed by atoms with E-state index in [-0.39, 0.29) is 23.3 Å². The molecule has 0 bridgehead atoms. The summed E-state index contributed by atoms with van der Waals surface area (Å²) in [5.74, 6) is 0.661. The number of fused-ring (bicyclic) bond motifs is 2. The minimum absolute atomic E-state index is 0.133. The number of nitrogens with zero attached hydrogens (tertiary/aromatic N) is 2. The van der Waals surface area contributed by atoms with Crippen molar-refractivity contribution in [3.05, 3.63) is 74.1 Å². The second kappa shape index (κ2) is 6.69. The third-order valence-corrected chi connectivity index (χ3v) is 6.45. The van der Waals surface area contributed by atoms with Gasteiger partial charge in [-0.25, -0.2) is 9.78 Å². The molecule has 2 aliphatic rings. The van der Waals surface area contributed by atoms with Gasteiger partial charge in [-0.1, -0.05) is 36.8 Å². The van der Waals surface area contributed by atoms with E-state index in [9.17, 15) is 14.4 Å². The summed E-state index contributed by atoms with van der Waals surface area (Å²) < 4.78 is 0. The lowest BCUT2D eigenvalue weighted by Crippen LogP contribution is -2.36. The predicted molar refractivity (Wildman–Crippen MR) is 109 cm³/mol. The van der Waals surface area contributed by atoms with Gasteiger partial charge in [0.05, 0.1) is 5.39 Å². The van der Waals surface area contributed by atoms with Crippen LogP contribution in [0.1, 0.15) is 46.8 Å². The van der Waals surface area contributed by atoms with Crippen LogP contribution in [0.3, 0.4) is 0 Å². The lowest BCUT2D eigenvalue weighted by Gasteiger charge is -2.23. The number of nitrogens with one attached hydrogen (secondary N) is 2. The number of carbonyl (C=O) groups is 1. The summed E-state index contributed by atoms with van der Waals surface area (Å²) in [6.45, 7) is 2.42. The van der Waals surface area contributed by atoms with Crippen LogP contribution in [0, 0.1) is 12.8 Å². The van der Waals surface area contributed by atoms with Crippen molar-refractivity contribution in [2.45, 2.75) is 38.1 Å². The van der Waals surface area contributed by atoms with E-state index in [2.05, 4.69) is 27.1 Å². The number of hydrogen-bond donors (Lipinski definition) is 2. The van der Waals surface area contributed by atoms with Gasteiger partial charge in [-0.15, -0.1) is 0 Å². The lowest BCUT2D eigenvalue weighted by molar-refractivity contribution is 0.0722. The Kier molecular flexibility index (Phi) is 4.12. The first kappa shape index (κ1) is 17.8. The Labute approximate surface area is 166 Å². The topological polar surface area (TPSA) is 98.9 Å². The van der Waals surface area contributed by atoms with E-state index in [0.717, 1.165) is 19.3 Å². The Morgan fingerprint density at radius 1 is 1.14 bits per heavy atom. The standard InChI is InChI=1S/C22H22N4O3/c1-12-10-16(23-19-18(12)20(27)25-22(29)24-19)21(28)26-11-15(13-6-3-2-4-7-13)14-8-5-9-17(14)26/h2-4,6-7,10,14-15,17H,5,8-9,11H2,1H3,(H2,23,24,25,27,29). The maximum Gasteiger partial charge on any atom is 0.327 e. The highest BCUT2D eigenvalue weighted by Crippen LogP contribution is 2.46. The molecule has 7 heteroatoms. The average molecular weight is 390 g/mol. The fourth-order valence-electron chi connectivity index (χ4n) is 5.21. The minimum atomic E-state index is -0.625. The highest BCUT2D eigenvalue weighted by atomic mass is 16.2. The molecular weight excluding hydrogens is 368 g/mol. The van der Waals surface area contributed by atoms with Gasteiger partial charge in [0.2, 0.25) is 0 Å². The number of hydrogen-bond acceptors (Lipinski definition) is 4. The maximum atomic E-state index is 13.4. The molecule has 1 aliphatic carbocycles. The van der Waals surface area contributed by atoms with E-state index in [4.69, 9.17) is 0 Å². The summed E-state index contributed by atoms with van der Waals surface area (Å²) in [5.41, 5.74) is 1.21. The molecule has 1 aromatic carbocycles. The molecule has 2 aromatic heterocycles. The molecule has 2 fully saturated rings. The van der Waals surface area contributed by atoms with Gasteiger partial charge in [-0.2, -0.15) is 0 Å². The van der Waals surface area contributed by atoms with Gasteiger partial charge in [0.25, 0.3) is 11.5 Å². The predicted octanol–water partition coefficient (Wildman–Crippen LogP) is 2.33. The van der Waals surface area contributed by atoms with Crippen molar-refractivity contribution >= 4 is 16.9 Å². The summed E-state index contributed by atoms with van der Waals surface area (Å²) in [7, 11) is 0. The molecule has 7 nitrogen and oxygen atoms in total. The molecule has 3 unspecified atom stereocenters. The Morgan fingerprint density at radius 3 is 2.72 bits per heavy atom. The fourth-order valence-corrected chi connectivity index (χ4v) is 5.21. The molecule has 1 saturated carbocycles. The number of aromatic amines is 2. The van der Waals surface area contributed by atoms with Crippen LogP contribution in [-0.4, -0.2) is 38.3 Å². The molecule has 1 saturated heterocycles. The molecule has 29 heavy (non-hydrogen) atoms. The summed E-state index contributed by atoms with van der Waals surface area (Å²) in [4.78, 5) is 48.2. The Bertz CT molecular complexity index is 1210.